The second kappa shape index (κ2) is 4.18. The molecular formula is C11H15NO3. The molecule has 3 N–H and O–H groups in total. The number of anilines is 1. The van der Waals surface area contributed by atoms with Crippen molar-refractivity contribution in [2.45, 2.75) is 25.4 Å². The maximum Gasteiger partial charge on any atom is 0.156 e. The van der Waals surface area contributed by atoms with Gasteiger partial charge in [0, 0.05) is 11.3 Å². The minimum Gasteiger partial charge on any atom is -0.398 e. The van der Waals surface area contributed by atoms with Crippen molar-refractivity contribution in [1.82, 2.24) is 0 Å². The van der Waals surface area contributed by atoms with E-state index < -0.39 is 0 Å². The highest BCUT2D eigenvalue weighted by Gasteiger charge is 2.35. The highest BCUT2D eigenvalue weighted by molar-refractivity contribution is 5.48. The number of para-hydroxylation sites is 1. The maximum atomic E-state index is 9.16. The van der Waals surface area contributed by atoms with Crippen molar-refractivity contribution >= 4 is 5.69 Å². The molecule has 1 fully saturated rings. The predicted octanol–water partition coefficient (Wildman–Crippen LogP) is 1.06. The second-order valence-electron chi connectivity index (χ2n) is 3.61. The molecular weight excluding hydrogens is 194 g/mol. The summed E-state index contributed by atoms with van der Waals surface area (Å²) in [5.74, 6) is 0. The molecule has 4 heteroatoms. The average Bonchev–Trinajstić information content (AvgIpc) is 2.60. The van der Waals surface area contributed by atoms with E-state index in [0.717, 1.165) is 5.56 Å². The second-order valence-corrected chi connectivity index (χ2v) is 3.61. The molecule has 82 valence electrons. The highest BCUT2D eigenvalue weighted by Crippen LogP contribution is 2.34. The van der Waals surface area contributed by atoms with Gasteiger partial charge in [-0.05, 0) is 13.0 Å². The lowest BCUT2D eigenvalue weighted by atomic mass is 10.0. The molecule has 1 aromatic carbocycles. The first kappa shape index (κ1) is 10.4. The third-order valence-electron chi connectivity index (χ3n) is 2.52. The Labute approximate surface area is 88.6 Å². The Kier molecular flexibility index (Phi) is 2.90. The number of nitrogens with two attached hydrogens (primary N) is 1. The van der Waals surface area contributed by atoms with Gasteiger partial charge < -0.3 is 20.3 Å². The Balaban J connectivity index is 2.26. The van der Waals surface area contributed by atoms with Crippen molar-refractivity contribution in [1.29, 1.82) is 0 Å². The fourth-order valence-electron chi connectivity index (χ4n) is 1.83. The van der Waals surface area contributed by atoms with E-state index in [2.05, 4.69) is 0 Å². The molecule has 0 saturated carbocycles. The molecule has 4 nitrogen and oxygen atoms in total. The van der Waals surface area contributed by atoms with E-state index >= 15 is 0 Å². The molecule has 1 saturated heterocycles. The van der Waals surface area contributed by atoms with Gasteiger partial charge in [0.1, 0.15) is 12.2 Å². The zero-order chi connectivity index (χ0) is 10.8. The molecule has 2 rings (SSSR count). The summed E-state index contributed by atoms with van der Waals surface area (Å²) >= 11 is 0. The van der Waals surface area contributed by atoms with E-state index in [1.165, 1.54) is 0 Å². The van der Waals surface area contributed by atoms with Crippen molar-refractivity contribution in [3.8, 4) is 0 Å². The molecule has 1 aromatic rings. The van der Waals surface area contributed by atoms with Crippen LogP contribution in [0.5, 0.6) is 0 Å². The third kappa shape index (κ3) is 1.97. The smallest absolute Gasteiger partial charge is 0.156 e. The third-order valence-corrected chi connectivity index (χ3v) is 2.52. The van der Waals surface area contributed by atoms with Gasteiger partial charge in [0.05, 0.1) is 6.61 Å². The summed E-state index contributed by atoms with van der Waals surface area (Å²) in [4.78, 5) is 0. The lowest BCUT2D eigenvalue weighted by Crippen LogP contribution is -2.20. The number of ether oxygens (including phenoxy) is 2. The van der Waals surface area contributed by atoms with Crippen molar-refractivity contribution in [2.75, 3.05) is 12.3 Å². The van der Waals surface area contributed by atoms with Crippen LogP contribution < -0.4 is 5.73 Å². The summed E-state index contributed by atoms with van der Waals surface area (Å²) in [6.45, 7) is 1.74. The minimum absolute atomic E-state index is 0.0661. The van der Waals surface area contributed by atoms with E-state index in [9.17, 15) is 0 Å². The number of aliphatic hydroxyl groups excluding tert-OH is 1. The van der Waals surface area contributed by atoms with Gasteiger partial charge in [-0.2, -0.15) is 0 Å². The van der Waals surface area contributed by atoms with Gasteiger partial charge in [-0.1, -0.05) is 18.2 Å². The first-order valence-electron chi connectivity index (χ1n) is 4.98. The van der Waals surface area contributed by atoms with Crippen LogP contribution in [0.4, 0.5) is 5.69 Å². The minimum atomic E-state index is -0.329. The van der Waals surface area contributed by atoms with Crippen LogP contribution in [-0.4, -0.2) is 24.1 Å². The lowest BCUT2D eigenvalue weighted by Gasteiger charge is -2.16. The molecule has 0 aliphatic carbocycles. The highest BCUT2D eigenvalue weighted by atomic mass is 16.7. The standard InChI is InChI=1S/C11H15NO3/c1-7-14-10(6-13)11(15-7)8-4-2-3-5-9(8)12/h2-5,7,10-11,13H,6,12H2,1H3/t7?,10-,11-/m0/s1. The Hall–Kier alpha value is -1.10. The number of hydrogen-bond acceptors (Lipinski definition) is 4. The summed E-state index contributed by atoms with van der Waals surface area (Å²) in [5, 5.41) is 9.16. The van der Waals surface area contributed by atoms with Crippen LogP contribution in [-0.2, 0) is 9.47 Å². The molecule has 0 bridgehead atoms. The van der Waals surface area contributed by atoms with Gasteiger partial charge in [-0.25, -0.2) is 0 Å². The summed E-state index contributed by atoms with van der Waals surface area (Å²) in [5.41, 5.74) is 7.39. The number of benzene rings is 1. The normalized spacial score (nSPS) is 30.7. The van der Waals surface area contributed by atoms with Gasteiger partial charge >= 0.3 is 0 Å². The Morgan fingerprint density at radius 3 is 2.73 bits per heavy atom. The van der Waals surface area contributed by atoms with Crippen LogP contribution >= 0.6 is 0 Å². The van der Waals surface area contributed by atoms with Crippen LogP contribution in [0.1, 0.15) is 18.6 Å². The van der Waals surface area contributed by atoms with Crippen molar-refractivity contribution in [3.63, 3.8) is 0 Å². The quantitative estimate of drug-likeness (QED) is 0.715. The van der Waals surface area contributed by atoms with Gasteiger partial charge in [0.15, 0.2) is 6.29 Å². The summed E-state index contributed by atoms with van der Waals surface area (Å²) in [6, 6.07) is 7.47. The number of rotatable bonds is 2. The summed E-state index contributed by atoms with van der Waals surface area (Å²) in [6.07, 6.45) is -0.900. The van der Waals surface area contributed by atoms with Crippen LogP contribution in [0.2, 0.25) is 0 Å². The van der Waals surface area contributed by atoms with Crippen LogP contribution in [0.3, 0.4) is 0 Å². The lowest BCUT2D eigenvalue weighted by molar-refractivity contribution is -0.0563. The summed E-state index contributed by atoms with van der Waals surface area (Å²) in [7, 11) is 0. The fourth-order valence-corrected chi connectivity index (χ4v) is 1.83. The van der Waals surface area contributed by atoms with Gasteiger partial charge in [0.2, 0.25) is 0 Å². The Morgan fingerprint density at radius 1 is 1.33 bits per heavy atom. The molecule has 15 heavy (non-hydrogen) atoms. The van der Waals surface area contributed by atoms with Crippen LogP contribution in [0.15, 0.2) is 24.3 Å². The molecule has 0 aromatic heterocycles. The van der Waals surface area contributed by atoms with E-state index in [4.69, 9.17) is 20.3 Å². The molecule has 1 aliphatic heterocycles. The Morgan fingerprint density at radius 2 is 2.07 bits per heavy atom. The maximum absolute atomic E-state index is 9.16. The molecule has 0 radical (unpaired) electrons. The molecule has 0 amide bonds. The van der Waals surface area contributed by atoms with Crippen molar-refractivity contribution in [3.05, 3.63) is 29.8 Å². The first-order chi connectivity index (χ1) is 7.22. The van der Waals surface area contributed by atoms with Gasteiger partial charge in [-0.3, -0.25) is 0 Å². The fraction of sp³-hybridized carbons (Fsp3) is 0.455. The first-order valence-corrected chi connectivity index (χ1v) is 4.98. The topological polar surface area (TPSA) is 64.7 Å². The van der Waals surface area contributed by atoms with Crippen LogP contribution in [0, 0.1) is 0 Å². The van der Waals surface area contributed by atoms with E-state index in [1.807, 2.05) is 31.2 Å². The van der Waals surface area contributed by atoms with E-state index in [1.54, 1.807) is 0 Å². The largest absolute Gasteiger partial charge is 0.398 e. The van der Waals surface area contributed by atoms with Crippen LogP contribution in [0.25, 0.3) is 0 Å². The van der Waals surface area contributed by atoms with Crippen molar-refractivity contribution in [2.24, 2.45) is 0 Å². The Bertz CT molecular complexity index is 342. The zero-order valence-corrected chi connectivity index (χ0v) is 8.59. The van der Waals surface area contributed by atoms with E-state index in [-0.39, 0.29) is 25.1 Å². The van der Waals surface area contributed by atoms with Gasteiger partial charge in [-0.15, -0.1) is 0 Å². The van der Waals surface area contributed by atoms with Gasteiger partial charge in [0.25, 0.3) is 0 Å². The predicted molar refractivity (Wildman–Crippen MR) is 56.1 cm³/mol. The molecule has 0 spiro atoms. The number of aliphatic hydroxyl groups is 1. The molecule has 1 heterocycles. The molecule has 1 unspecified atom stereocenters. The number of hydrogen-bond donors (Lipinski definition) is 2. The molecule has 1 aliphatic rings. The van der Waals surface area contributed by atoms with Crippen molar-refractivity contribution < 1.29 is 14.6 Å². The molecule has 3 atom stereocenters. The SMILES string of the molecule is CC1O[C@@H](CO)[C@H](c2ccccc2N)O1. The number of nitrogen functional groups attached to an aromatic ring is 1. The summed E-state index contributed by atoms with van der Waals surface area (Å²) < 4.78 is 11.0. The van der Waals surface area contributed by atoms with E-state index in [0.29, 0.717) is 5.69 Å². The average molecular weight is 209 g/mol. The zero-order valence-electron chi connectivity index (χ0n) is 8.59. The monoisotopic (exact) mass is 209 g/mol.